The molecule has 0 aliphatic carbocycles. The number of nitrogens with zero attached hydrogens (tertiary/aromatic N) is 2. The molecule has 0 aliphatic rings. The summed E-state index contributed by atoms with van der Waals surface area (Å²) in [5.74, 6) is 2.10. The van der Waals surface area contributed by atoms with Crippen molar-refractivity contribution in [1.29, 1.82) is 0 Å². The van der Waals surface area contributed by atoms with Crippen LogP contribution in [0.2, 0.25) is 0 Å². The van der Waals surface area contributed by atoms with E-state index in [0.29, 0.717) is 37.1 Å². The van der Waals surface area contributed by atoms with Crippen LogP contribution in [0.4, 0.5) is 0 Å². The SMILES string of the molecule is CN=C(NCCc1ccc(OC)cc1O)NCc1coc(-c2ccc(C)cc2)n1.I. The Labute approximate surface area is 193 Å². The lowest BCUT2D eigenvalue weighted by Crippen LogP contribution is -2.37. The van der Waals surface area contributed by atoms with E-state index in [0.717, 1.165) is 16.8 Å². The summed E-state index contributed by atoms with van der Waals surface area (Å²) < 4.78 is 10.7. The number of halogens is 1. The molecule has 160 valence electrons. The Morgan fingerprint density at radius 2 is 1.93 bits per heavy atom. The van der Waals surface area contributed by atoms with E-state index in [-0.39, 0.29) is 29.7 Å². The predicted molar refractivity (Wildman–Crippen MR) is 129 cm³/mol. The van der Waals surface area contributed by atoms with Gasteiger partial charge < -0.3 is 24.9 Å². The number of oxazole rings is 1. The number of aryl methyl sites for hydroxylation is 1. The van der Waals surface area contributed by atoms with E-state index in [2.05, 4.69) is 20.6 Å². The fourth-order valence-corrected chi connectivity index (χ4v) is 2.81. The second-order valence-electron chi connectivity index (χ2n) is 6.61. The maximum Gasteiger partial charge on any atom is 0.226 e. The average molecular weight is 522 g/mol. The van der Waals surface area contributed by atoms with Crippen LogP contribution < -0.4 is 15.4 Å². The fourth-order valence-electron chi connectivity index (χ4n) is 2.81. The minimum absolute atomic E-state index is 0. The van der Waals surface area contributed by atoms with Gasteiger partial charge in [-0.1, -0.05) is 23.8 Å². The lowest BCUT2D eigenvalue weighted by Gasteiger charge is -2.11. The molecule has 0 bridgehead atoms. The minimum atomic E-state index is 0. The molecular weight excluding hydrogens is 495 g/mol. The van der Waals surface area contributed by atoms with Crippen molar-refractivity contribution in [1.82, 2.24) is 15.6 Å². The second kappa shape index (κ2) is 11.4. The van der Waals surface area contributed by atoms with Gasteiger partial charge in [0.1, 0.15) is 17.8 Å². The number of aliphatic imine (C=N–C) groups is 1. The van der Waals surface area contributed by atoms with Gasteiger partial charge in [0.05, 0.1) is 19.3 Å². The lowest BCUT2D eigenvalue weighted by molar-refractivity contribution is 0.406. The van der Waals surface area contributed by atoms with Gasteiger partial charge in [-0.05, 0) is 37.1 Å². The molecule has 0 atom stereocenters. The van der Waals surface area contributed by atoms with Crippen molar-refractivity contribution in [2.75, 3.05) is 20.7 Å². The van der Waals surface area contributed by atoms with Crippen LogP contribution in [0.1, 0.15) is 16.8 Å². The Hall–Kier alpha value is -2.75. The first-order chi connectivity index (χ1) is 14.1. The Kier molecular flexibility index (Phi) is 8.97. The first-order valence-electron chi connectivity index (χ1n) is 9.41. The van der Waals surface area contributed by atoms with Crippen molar-refractivity contribution in [2.45, 2.75) is 19.9 Å². The second-order valence-corrected chi connectivity index (χ2v) is 6.61. The van der Waals surface area contributed by atoms with Crippen LogP contribution in [0, 0.1) is 6.92 Å². The molecule has 2 aromatic carbocycles. The Morgan fingerprint density at radius 1 is 1.17 bits per heavy atom. The maximum atomic E-state index is 10.0. The third-order valence-corrected chi connectivity index (χ3v) is 4.49. The van der Waals surface area contributed by atoms with Crippen molar-refractivity contribution < 1.29 is 14.3 Å². The van der Waals surface area contributed by atoms with Crippen molar-refractivity contribution >= 4 is 29.9 Å². The van der Waals surface area contributed by atoms with E-state index in [1.807, 2.05) is 43.3 Å². The quantitative estimate of drug-likeness (QED) is 0.248. The van der Waals surface area contributed by atoms with E-state index < -0.39 is 0 Å². The molecule has 30 heavy (non-hydrogen) atoms. The number of hydrogen-bond acceptors (Lipinski definition) is 5. The van der Waals surface area contributed by atoms with Gasteiger partial charge in [-0.3, -0.25) is 4.99 Å². The number of hydrogen-bond donors (Lipinski definition) is 3. The van der Waals surface area contributed by atoms with Crippen LogP contribution in [0.25, 0.3) is 11.5 Å². The molecule has 0 saturated carbocycles. The van der Waals surface area contributed by atoms with Gasteiger partial charge in [0.2, 0.25) is 5.89 Å². The van der Waals surface area contributed by atoms with Crippen LogP contribution in [0.3, 0.4) is 0 Å². The summed E-state index contributed by atoms with van der Waals surface area (Å²) >= 11 is 0. The van der Waals surface area contributed by atoms with Gasteiger partial charge in [0.15, 0.2) is 5.96 Å². The monoisotopic (exact) mass is 522 g/mol. The average Bonchev–Trinajstić information content (AvgIpc) is 3.21. The van der Waals surface area contributed by atoms with Gasteiger partial charge in [0, 0.05) is 25.2 Å². The number of aromatic hydroxyl groups is 1. The summed E-state index contributed by atoms with van der Waals surface area (Å²) in [7, 11) is 3.28. The molecule has 0 unspecified atom stereocenters. The predicted octanol–water partition coefficient (Wildman–Crippen LogP) is 3.89. The van der Waals surface area contributed by atoms with E-state index in [1.54, 1.807) is 26.5 Å². The Morgan fingerprint density at radius 3 is 2.60 bits per heavy atom. The zero-order valence-electron chi connectivity index (χ0n) is 17.3. The van der Waals surface area contributed by atoms with Crippen LogP contribution >= 0.6 is 24.0 Å². The molecule has 0 radical (unpaired) electrons. The Balaban J connectivity index is 0.00000320. The highest BCUT2D eigenvalue weighted by molar-refractivity contribution is 14.0. The minimum Gasteiger partial charge on any atom is -0.508 e. The molecule has 3 rings (SSSR count). The summed E-state index contributed by atoms with van der Waals surface area (Å²) in [4.78, 5) is 8.73. The van der Waals surface area contributed by atoms with Crippen molar-refractivity contribution in [3.8, 4) is 23.0 Å². The van der Waals surface area contributed by atoms with Gasteiger partial charge in [-0.15, -0.1) is 24.0 Å². The van der Waals surface area contributed by atoms with Crippen molar-refractivity contribution in [3.63, 3.8) is 0 Å². The molecule has 0 amide bonds. The smallest absolute Gasteiger partial charge is 0.226 e. The molecule has 1 aromatic heterocycles. The van der Waals surface area contributed by atoms with Crippen LogP contribution in [-0.4, -0.2) is 36.8 Å². The normalized spacial score (nSPS) is 11.0. The van der Waals surface area contributed by atoms with E-state index in [9.17, 15) is 5.11 Å². The molecule has 1 heterocycles. The summed E-state index contributed by atoms with van der Waals surface area (Å²) in [6.45, 7) is 3.15. The molecule has 8 heteroatoms. The number of methoxy groups -OCH3 is 1. The first kappa shape index (κ1) is 23.5. The number of rotatable bonds is 7. The highest BCUT2D eigenvalue weighted by Gasteiger charge is 2.08. The summed E-state index contributed by atoms with van der Waals surface area (Å²) in [6, 6.07) is 13.3. The molecule has 3 N–H and O–H groups in total. The molecule has 0 spiro atoms. The topological polar surface area (TPSA) is 91.9 Å². The number of benzene rings is 2. The highest BCUT2D eigenvalue weighted by Crippen LogP contribution is 2.23. The molecule has 7 nitrogen and oxygen atoms in total. The van der Waals surface area contributed by atoms with E-state index >= 15 is 0 Å². The molecular formula is C22H27IN4O3. The van der Waals surface area contributed by atoms with Crippen molar-refractivity contribution in [3.05, 3.63) is 65.5 Å². The number of nitrogens with one attached hydrogen (secondary N) is 2. The molecule has 0 aliphatic heterocycles. The van der Waals surface area contributed by atoms with Crippen LogP contribution in [0.15, 0.2) is 58.1 Å². The van der Waals surface area contributed by atoms with Gasteiger partial charge in [-0.25, -0.2) is 4.98 Å². The molecule has 3 aromatic rings. The Bertz CT molecular complexity index is 971. The third-order valence-electron chi connectivity index (χ3n) is 4.49. The summed E-state index contributed by atoms with van der Waals surface area (Å²) in [6.07, 6.45) is 2.29. The third kappa shape index (κ3) is 6.38. The van der Waals surface area contributed by atoms with E-state index in [4.69, 9.17) is 9.15 Å². The van der Waals surface area contributed by atoms with Crippen LogP contribution in [0.5, 0.6) is 11.5 Å². The summed E-state index contributed by atoms with van der Waals surface area (Å²) in [5, 5.41) is 16.5. The number of phenolic OH excluding ortho intramolecular Hbond substituents is 1. The largest absolute Gasteiger partial charge is 0.508 e. The summed E-state index contributed by atoms with van der Waals surface area (Å²) in [5.41, 5.74) is 3.77. The first-order valence-corrected chi connectivity index (χ1v) is 9.41. The van der Waals surface area contributed by atoms with Crippen molar-refractivity contribution in [2.24, 2.45) is 4.99 Å². The van der Waals surface area contributed by atoms with Gasteiger partial charge in [-0.2, -0.15) is 0 Å². The number of guanidine groups is 1. The number of phenols is 1. The zero-order chi connectivity index (χ0) is 20.6. The number of aromatic nitrogens is 1. The standard InChI is InChI=1S/C22H26N4O3.HI/c1-15-4-6-17(7-5-15)21-26-18(14-29-21)13-25-22(23-2)24-11-10-16-8-9-19(28-3)12-20(16)27;/h4-9,12,14,27H,10-11,13H2,1-3H3,(H2,23,24,25);1H. The number of ether oxygens (including phenoxy) is 1. The highest BCUT2D eigenvalue weighted by atomic mass is 127. The molecule has 0 saturated heterocycles. The van der Waals surface area contributed by atoms with Gasteiger partial charge in [0.25, 0.3) is 0 Å². The van der Waals surface area contributed by atoms with Crippen LogP contribution in [-0.2, 0) is 13.0 Å². The lowest BCUT2D eigenvalue weighted by atomic mass is 10.1. The maximum absolute atomic E-state index is 10.0. The fraction of sp³-hybridized carbons (Fsp3) is 0.273. The molecule has 0 fully saturated rings. The van der Waals surface area contributed by atoms with E-state index in [1.165, 1.54) is 5.56 Å². The van der Waals surface area contributed by atoms with Gasteiger partial charge >= 0.3 is 0 Å². The zero-order valence-corrected chi connectivity index (χ0v) is 19.6.